The largest absolute Gasteiger partial charge is 0.494 e. The summed E-state index contributed by atoms with van der Waals surface area (Å²) in [5.74, 6) is 1.28. The van der Waals surface area contributed by atoms with Gasteiger partial charge in [-0.25, -0.2) is 0 Å². The molecule has 25 heavy (non-hydrogen) atoms. The molecule has 0 bridgehead atoms. The van der Waals surface area contributed by atoms with Crippen molar-refractivity contribution in [3.8, 4) is 11.5 Å². The van der Waals surface area contributed by atoms with Gasteiger partial charge in [0.05, 0.1) is 12.6 Å². The minimum atomic E-state index is -0.149. The van der Waals surface area contributed by atoms with E-state index in [2.05, 4.69) is 5.32 Å². The molecule has 0 fully saturated rings. The number of amides is 1. The standard InChI is InChI=1S/C20H26N2O3/c1-4-24-17-10-12-18(13-11-17)25-15-20(23)21-19(14-22(2)3)16-8-6-5-7-9-16/h5-13,19H,4,14-15H2,1-3H3,(H,21,23). The molecule has 0 saturated carbocycles. The molecule has 1 atom stereocenters. The van der Waals surface area contributed by atoms with Gasteiger partial charge in [-0.3, -0.25) is 4.79 Å². The van der Waals surface area contributed by atoms with Gasteiger partial charge < -0.3 is 19.7 Å². The van der Waals surface area contributed by atoms with Crippen LogP contribution in [0.1, 0.15) is 18.5 Å². The normalized spacial score (nSPS) is 11.8. The lowest BCUT2D eigenvalue weighted by atomic mass is 10.1. The van der Waals surface area contributed by atoms with Gasteiger partial charge in [-0.05, 0) is 50.8 Å². The topological polar surface area (TPSA) is 50.8 Å². The maximum absolute atomic E-state index is 12.3. The van der Waals surface area contributed by atoms with Gasteiger partial charge in [0, 0.05) is 6.54 Å². The molecule has 2 rings (SSSR count). The van der Waals surface area contributed by atoms with Crippen LogP contribution in [0.15, 0.2) is 54.6 Å². The zero-order chi connectivity index (χ0) is 18.1. The van der Waals surface area contributed by atoms with Crippen LogP contribution in [0.25, 0.3) is 0 Å². The SMILES string of the molecule is CCOc1ccc(OCC(=O)NC(CN(C)C)c2ccccc2)cc1. The first-order valence-corrected chi connectivity index (χ1v) is 8.43. The van der Waals surface area contributed by atoms with E-state index in [1.165, 1.54) is 0 Å². The molecule has 0 spiro atoms. The number of benzene rings is 2. The van der Waals surface area contributed by atoms with Crippen LogP contribution in [0.4, 0.5) is 0 Å². The molecular formula is C20H26N2O3. The Kier molecular flexibility index (Phi) is 7.29. The first-order chi connectivity index (χ1) is 12.1. The Morgan fingerprint density at radius 3 is 2.16 bits per heavy atom. The summed E-state index contributed by atoms with van der Waals surface area (Å²) in [6.07, 6.45) is 0. The zero-order valence-corrected chi connectivity index (χ0v) is 15.1. The number of hydrogen-bond donors (Lipinski definition) is 1. The Balaban J connectivity index is 1.90. The van der Waals surface area contributed by atoms with E-state index in [1.807, 2.05) is 68.4 Å². The first kappa shape index (κ1) is 18.8. The second-order valence-electron chi connectivity index (χ2n) is 5.99. The summed E-state index contributed by atoms with van der Waals surface area (Å²) in [5.41, 5.74) is 1.07. The minimum absolute atomic E-state index is 0.0231. The molecule has 0 aliphatic carbocycles. The molecule has 134 valence electrons. The van der Waals surface area contributed by atoms with Crippen LogP contribution in [-0.2, 0) is 4.79 Å². The summed E-state index contributed by atoms with van der Waals surface area (Å²) < 4.78 is 10.9. The van der Waals surface area contributed by atoms with Crippen molar-refractivity contribution in [2.24, 2.45) is 0 Å². The average Bonchev–Trinajstić information content (AvgIpc) is 2.61. The molecule has 5 nitrogen and oxygen atoms in total. The molecule has 0 radical (unpaired) electrons. The van der Waals surface area contributed by atoms with Gasteiger partial charge in [-0.15, -0.1) is 0 Å². The van der Waals surface area contributed by atoms with Gasteiger partial charge in [-0.2, -0.15) is 0 Å². The summed E-state index contributed by atoms with van der Waals surface area (Å²) in [6, 6.07) is 17.1. The summed E-state index contributed by atoms with van der Waals surface area (Å²) in [4.78, 5) is 14.3. The highest BCUT2D eigenvalue weighted by molar-refractivity contribution is 5.78. The summed E-state index contributed by atoms with van der Waals surface area (Å²) in [6.45, 7) is 3.25. The fraction of sp³-hybridized carbons (Fsp3) is 0.350. The third-order valence-corrected chi connectivity index (χ3v) is 3.59. The smallest absolute Gasteiger partial charge is 0.258 e. The minimum Gasteiger partial charge on any atom is -0.494 e. The van der Waals surface area contributed by atoms with Crippen molar-refractivity contribution < 1.29 is 14.3 Å². The Morgan fingerprint density at radius 1 is 1.00 bits per heavy atom. The van der Waals surface area contributed by atoms with Crippen LogP contribution in [0.2, 0.25) is 0 Å². The van der Waals surface area contributed by atoms with Crippen molar-refractivity contribution in [2.45, 2.75) is 13.0 Å². The predicted molar refractivity (Wildman–Crippen MR) is 99.0 cm³/mol. The highest BCUT2D eigenvalue weighted by atomic mass is 16.5. The maximum Gasteiger partial charge on any atom is 0.258 e. The highest BCUT2D eigenvalue weighted by Crippen LogP contribution is 2.18. The first-order valence-electron chi connectivity index (χ1n) is 8.43. The van der Waals surface area contributed by atoms with Crippen molar-refractivity contribution in [1.29, 1.82) is 0 Å². The van der Waals surface area contributed by atoms with Gasteiger partial charge >= 0.3 is 0 Å². The van der Waals surface area contributed by atoms with Gasteiger partial charge in [0.15, 0.2) is 6.61 Å². The lowest BCUT2D eigenvalue weighted by Crippen LogP contribution is -2.37. The number of ether oxygens (including phenoxy) is 2. The molecule has 1 unspecified atom stereocenters. The molecule has 1 N–H and O–H groups in total. The molecule has 1 amide bonds. The number of rotatable bonds is 9. The summed E-state index contributed by atoms with van der Waals surface area (Å²) in [7, 11) is 3.97. The molecule has 0 aliphatic rings. The Morgan fingerprint density at radius 2 is 1.60 bits per heavy atom. The van der Waals surface area contributed by atoms with Crippen molar-refractivity contribution in [3.05, 3.63) is 60.2 Å². The molecule has 2 aromatic carbocycles. The average molecular weight is 342 g/mol. The Hall–Kier alpha value is -2.53. The second-order valence-corrected chi connectivity index (χ2v) is 5.99. The van der Waals surface area contributed by atoms with Gasteiger partial charge in [0.25, 0.3) is 5.91 Å². The second kappa shape index (κ2) is 9.69. The number of nitrogens with one attached hydrogen (secondary N) is 1. The molecule has 0 heterocycles. The van der Waals surface area contributed by atoms with Gasteiger partial charge in [0.1, 0.15) is 11.5 Å². The molecule has 5 heteroatoms. The van der Waals surface area contributed by atoms with Crippen molar-refractivity contribution in [3.63, 3.8) is 0 Å². The third-order valence-electron chi connectivity index (χ3n) is 3.59. The number of nitrogens with zero attached hydrogens (tertiary/aromatic N) is 1. The van der Waals surface area contributed by atoms with Gasteiger partial charge in [0.2, 0.25) is 0 Å². The fourth-order valence-electron chi connectivity index (χ4n) is 2.47. The molecule has 0 aliphatic heterocycles. The van der Waals surface area contributed by atoms with E-state index in [4.69, 9.17) is 9.47 Å². The van der Waals surface area contributed by atoms with Crippen LogP contribution < -0.4 is 14.8 Å². The quantitative estimate of drug-likeness (QED) is 0.761. The van der Waals surface area contributed by atoms with Crippen LogP contribution >= 0.6 is 0 Å². The van der Waals surface area contributed by atoms with Crippen LogP contribution in [0.5, 0.6) is 11.5 Å². The number of hydrogen-bond acceptors (Lipinski definition) is 4. The van der Waals surface area contributed by atoms with E-state index in [0.717, 1.165) is 17.9 Å². The van der Waals surface area contributed by atoms with E-state index in [0.29, 0.717) is 12.4 Å². The monoisotopic (exact) mass is 342 g/mol. The van der Waals surface area contributed by atoms with E-state index in [1.54, 1.807) is 12.1 Å². The van der Waals surface area contributed by atoms with E-state index < -0.39 is 0 Å². The highest BCUT2D eigenvalue weighted by Gasteiger charge is 2.15. The van der Waals surface area contributed by atoms with Crippen molar-refractivity contribution in [2.75, 3.05) is 33.9 Å². The van der Waals surface area contributed by atoms with Crippen molar-refractivity contribution >= 4 is 5.91 Å². The summed E-state index contributed by atoms with van der Waals surface area (Å²) in [5, 5.41) is 3.04. The number of carbonyl (C=O) groups excluding carboxylic acids is 1. The molecular weight excluding hydrogens is 316 g/mol. The van der Waals surface area contributed by atoms with Crippen LogP contribution in [0.3, 0.4) is 0 Å². The summed E-state index contributed by atoms with van der Waals surface area (Å²) >= 11 is 0. The van der Waals surface area contributed by atoms with E-state index in [9.17, 15) is 4.79 Å². The van der Waals surface area contributed by atoms with E-state index >= 15 is 0 Å². The Labute approximate surface area is 149 Å². The maximum atomic E-state index is 12.3. The van der Waals surface area contributed by atoms with Crippen molar-refractivity contribution in [1.82, 2.24) is 10.2 Å². The fourth-order valence-corrected chi connectivity index (χ4v) is 2.47. The van der Waals surface area contributed by atoms with E-state index in [-0.39, 0.29) is 18.6 Å². The number of carbonyl (C=O) groups is 1. The van der Waals surface area contributed by atoms with Gasteiger partial charge in [-0.1, -0.05) is 30.3 Å². The molecule has 0 aromatic heterocycles. The van der Waals surface area contributed by atoms with Crippen LogP contribution in [0, 0.1) is 0 Å². The number of likely N-dealkylation sites (N-methyl/N-ethyl adjacent to an activating group) is 1. The predicted octanol–water partition coefficient (Wildman–Crippen LogP) is 2.88. The lowest BCUT2D eigenvalue weighted by molar-refractivity contribution is -0.124. The lowest BCUT2D eigenvalue weighted by Gasteiger charge is -2.23. The third kappa shape index (κ3) is 6.47. The molecule has 0 saturated heterocycles. The Bertz CT molecular complexity index is 642. The molecule has 2 aromatic rings. The van der Waals surface area contributed by atoms with Crippen LogP contribution in [-0.4, -0.2) is 44.7 Å². The zero-order valence-electron chi connectivity index (χ0n) is 15.1.